The Bertz CT molecular complexity index is 720. The number of hydrogen-bond acceptors (Lipinski definition) is 2. The summed E-state index contributed by atoms with van der Waals surface area (Å²) in [6, 6.07) is 12.7. The lowest BCUT2D eigenvalue weighted by atomic mass is 10.2. The normalized spacial score (nSPS) is 11.6. The maximum atomic E-state index is 12.8. The fraction of sp³-hybridized carbons (Fsp3) is 0.222. The van der Waals surface area contributed by atoms with Gasteiger partial charge in [0.05, 0.1) is 7.05 Å². The number of quaternary nitrogens is 1. The first-order valence-electron chi connectivity index (χ1n) is 7.80. The Morgan fingerprint density at radius 2 is 1.60 bits per heavy atom. The molecule has 0 radical (unpaired) electrons. The molecule has 2 aromatic rings. The Kier molecular flexibility index (Phi) is 6.91. The lowest BCUT2D eigenvalue weighted by Gasteiger charge is -2.14. The number of anilines is 1. The van der Waals surface area contributed by atoms with Gasteiger partial charge in [0.25, 0.3) is 11.8 Å². The third-order valence-electron chi connectivity index (χ3n) is 3.46. The number of carbonyl (C=O) groups excluding carboxylic acids is 2. The Morgan fingerprint density at radius 1 is 1.00 bits per heavy atom. The summed E-state index contributed by atoms with van der Waals surface area (Å²) < 4.78 is 12.8. The minimum atomic E-state index is -0.314. The molecule has 2 aromatic carbocycles. The van der Waals surface area contributed by atoms with Crippen LogP contribution in [0.4, 0.5) is 10.1 Å². The Labute approximate surface area is 150 Å². The molecule has 0 heterocycles. The zero-order valence-corrected chi connectivity index (χ0v) is 14.6. The van der Waals surface area contributed by atoms with Crippen LogP contribution >= 0.6 is 11.6 Å². The second-order valence-corrected chi connectivity index (χ2v) is 6.21. The molecule has 0 aliphatic heterocycles. The molecule has 0 spiro atoms. The highest BCUT2D eigenvalue weighted by atomic mass is 35.5. The summed E-state index contributed by atoms with van der Waals surface area (Å²) >= 11 is 5.79. The monoisotopic (exact) mass is 364 g/mol. The van der Waals surface area contributed by atoms with Gasteiger partial charge in [-0.15, -0.1) is 0 Å². The summed E-state index contributed by atoms with van der Waals surface area (Å²) in [5.41, 5.74) is 1.47. The van der Waals surface area contributed by atoms with Crippen molar-refractivity contribution in [3.8, 4) is 0 Å². The molecule has 3 N–H and O–H groups in total. The second-order valence-electron chi connectivity index (χ2n) is 5.77. The zero-order valence-electron chi connectivity index (χ0n) is 13.8. The summed E-state index contributed by atoms with van der Waals surface area (Å²) in [6.45, 7) is 0.644. The van der Waals surface area contributed by atoms with E-state index in [0.717, 1.165) is 10.5 Å². The number of nitrogens with one attached hydrogen (secondary N) is 3. The molecular formula is C18H20ClFN3O2+. The minimum absolute atomic E-state index is 0.159. The van der Waals surface area contributed by atoms with Gasteiger partial charge in [-0.25, -0.2) is 4.39 Å². The van der Waals surface area contributed by atoms with Crippen molar-refractivity contribution in [2.75, 3.05) is 25.5 Å². The molecule has 0 fully saturated rings. The molecule has 25 heavy (non-hydrogen) atoms. The highest BCUT2D eigenvalue weighted by molar-refractivity contribution is 6.30. The lowest BCUT2D eigenvalue weighted by Crippen LogP contribution is -3.11. The highest BCUT2D eigenvalue weighted by Crippen LogP contribution is 2.12. The molecule has 0 bridgehead atoms. The van der Waals surface area contributed by atoms with Gasteiger partial charge in [0.2, 0.25) is 0 Å². The smallest absolute Gasteiger partial charge is 0.279 e. The van der Waals surface area contributed by atoms with E-state index in [9.17, 15) is 14.0 Å². The Balaban J connectivity index is 1.72. The van der Waals surface area contributed by atoms with E-state index in [1.807, 2.05) is 0 Å². The average Bonchev–Trinajstić information content (AvgIpc) is 2.56. The molecule has 0 aromatic heterocycles. The van der Waals surface area contributed by atoms with Gasteiger partial charge >= 0.3 is 0 Å². The number of amides is 2. The number of carbonyl (C=O) groups is 2. The fourth-order valence-electron chi connectivity index (χ4n) is 2.21. The maximum absolute atomic E-state index is 12.8. The zero-order chi connectivity index (χ0) is 18.2. The fourth-order valence-corrected chi connectivity index (χ4v) is 2.34. The third kappa shape index (κ3) is 6.91. The largest absolute Gasteiger partial charge is 0.347 e. The lowest BCUT2D eigenvalue weighted by molar-refractivity contribution is -0.862. The van der Waals surface area contributed by atoms with Gasteiger partial charge in [0, 0.05) is 17.3 Å². The molecule has 5 nitrogen and oxygen atoms in total. The van der Waals surface area contributed by atoms with Crippen LogP contribution in [-0.2, 0) is 16.1 Å². The van der Waals surface area contributed by atoms with Crippen molar-refractivity contribution in [2.45, 2.75) is 6.54 Å². The van der Waals surface area contributed by atoms with Crippen molar-refractivity contribution in [1.29, 1.82) is 0 Å². The molecule has 2 amide bonds. The van der Waals surface area contributed by atoms with Crippen LogP contribution in [0.5, 0.6) is 0 Å². The number of likely N-dealkylation sites (N-methyl/N-ethyl adjacent to an activating group) is 1. The summed E-state index contributed by atoms with van der Waals surface area (Å²) in [5, 5.41) is 6.10. The molecule has 0 saturated carbocycles. The molecule has 1 unspecified atom stereocenters. The van der Waals surface area contributed by atoms with E-state index in [2.05, 4.69) is 10.6 Å². The first-order valence-corrected chi connectivity index (χ1v) is 8.18. The highest BCUT2D eigenvalue weighted by Gasteiger charge is 2.14. The molecule has 0 aliphatic carbocycles. The van der Waals surface area contributed by atoms with E-state index in [-0.39, 0.29) is 30.7 Å². The van der Waals surface area contributed by atoms with Crippen LogP contribution in [0, 0.1) is 5.82 Å². The number of halogens is 2. The van der Waals surface area contributed by atoms with Gasteiger partial charge in [0.1, 0.15) is 5.82 Å². The van der Waals surface area contributed by atoms with E-state index >= 15 is 0 Å². The van der Waals surface area contributed by atoms with Crippen molar-refractivity contribution in [3.05, 3.63) is 64.9 Å². The molecule has 1 atom stereocenters. The topological polar surface area (TPSA) is 62.6 Å². The first kappa shape index (κ1) is 18.9. The van der Waals surface area contributed by atoms with E-state index in [1.54, 1.807) is 43.4 Å². The maximum Gasteiger partial charge on any atom is 0.279 e. The molecule has 132 valence electrons. The van der Waals surface area contributed by atoms with Crippen LogP contribution in [0.3, 0.4) is 0 Å². The summed E-state index contributed by atoms with van der Waals surface area (Å²) in [5.74, 6) is -0.682. The van der Waals surface area contributed by atoms with Crippen LogP contribution in [0.15, 0.2) is 48.5 Å². The molecule has 2 rings (SSSR count). The number of benzene rings is 2. The van der Waals surface area contributed by atoms with Gasteiger partial charge in [-0.1, -0.05) is 23.7 Å². The summed E-state index contributed by atoms with van der Waals surface area (Å²) in [7, 11) is 1.76. The van der Waals surface area contributed by atoms with Crippen LogP contribution in [0.2, 0.25) is 5.02 Å². The minimum Gasteiger partial charge on any atom is -0.347 e. The number of hydrogen-bond donors (Lipinski definition) is 3. The molecule has 0 saturated heterocycles. The molecular weight excluding hydrogens is 345 g/mol. The van der Waals surface area contributed by atoms with E-state index in [0.29, 0.717) is 17.3 Å². The summed E-state index contributed by atoms with van der Waals surface area (Å²) in [6.07, 6.45) is 0. The van der Waals surface area contributed by atoms with Crippen LogP contribution < -0.4 is 15.5 Å². The standard InChI is InChI=1S/C18H19ClFN3O2/c1-23(12-18(25)22-16-8-4-14(19)5-9-16)11-17(24)21-10-13-2-6-15(20)7-3-13/h2-9H,10-12H2,1H3,(H,21,24)(H,22,25)/p+1. The van der Waals surface area contributed by atoms with Crippen LogP contribution in [0.1, 0.15) is 5.56 Å². The summed E-state index contributed by atoms with van der Waals surface area (Å²) in [4.78, 5) is 24.6. The van der Waals surface area contributed by atoms with E-state index < -0.39 is 0 Å². The van der Waals surface area contributed by atoms with Gasteiger partial charge in [0.15, 0.2) is 13.1 Å². The van der Waals surface area contributed by atoms with Gasteiger partial charge in [-0.3, -0.25) is 9.59 Å². The van der Waals surface area contributed by atoms with Crippen LogP contribution in [-0.4, -0.2) is 32.0 Å². The van der Waals surface area contributed by atoms with Gasteiger partial charge in [-0.2, -0.15) is 0 Å². The predicted molar refractivity (Wildman–Crippen MR) is 94.9 cm³/mol. The van der Waals surface area contributed by atoms with E-state index in [4.69, 9.17) is 11.6 Å². The Morgan fingerprint density at radius 3 is 2.24 bits per heavy atom. The average molecular weight is 365 g/mol. The van der Waals surface area contributed by atoms with Crippen molar-refractivity contribution < 1.29 is 18.9 Å². The SMILES string of the molecule is C[NH+](CC(=O)NCc1ccc(F)cc1)CC(=O)Nc1ccc(Cl)cc1. The predicted octanol–water partition coefficient (Wildman–Crippen LogP) is 1.25. The van der Waals surface area contributed by atoms with E-state index in [1.165, 1.54) is 12.1 Å². The number of rotatable bonds is 7. The first-order chi connectivity index (χ1) is 11.9. The second kappa shape index (κ2) is 9.15. The van der Waals surface area contributed by atoms with Crippen molar-refractivity contribution in [3.63, 3.8) is 0 Å². The molecule has 7 heteroatoms. The molecule has 0 aliphatic rings. The van der Waals surface area contributed by atoms with Crippen molar-refractivity contribution in [1.82, 2.24) is 5.32 Å². The van der Waals surface area contributed by atoms with Gasteiger partial charge in [-0.05, 0) is 42.0 Å². The van der Waals surface area contributed by atoms with Gasteiger partial charge < -0.3 is 15.5 Å². The van der Waals surface area contributed by atoms with Crippen molar-refractivity contribution >= 4 is 29.1 Å². The Hall–Kier alpha value is -2.44. The quantitative estimate of drug-likeness (QED) is 0.692. The van der Waals surface area contributed by atoms with Crippen LogP contribution in [0.25, 0.3) is 0 Å². The van der Waals surface area contributed by atoms with Crippen molar-refractivity contribution in [2.24, 2.45) is 0 Å². The third-order valence-corrected chi connectivity index (χ3v) is 3.71.